The summed E-state index contributed by atoms with van der Waals surface area (Å²) in [6.45, 7) is 5.24. The Morgan fingerprint density at radius 3 is 2.38 bits per heavy atom. The van der Waals surface area contributed by atoms with Crippen molar-refractivity contribution in [3.8, 4) is 11.5 Å². The molecule has 5 nitrogen and oxygen atoms in total. The zero-order chi connectivity index (χ0) is 18.1. The smallest absolute Gasteiger partial charge is 0.508 e. The van der Waals surface area contributed by atoms with E-state index >= 15 is 0 Å². The number of hydrogen-bond acceptors (Lipinski definition) is 4. The second-order valence-electron chi connectivity index (χ2n) is 6.72. The molecule has 0 saturated heterocycles. The number of rotatable bonds is 4. The quantitative estimate of drug-likeness (QED) is 0.887. The monoisotopic (exact) mass is 347 g/mol. The lowest BCUT2D eigenvalue weighted by molar-refractivity contribution is -0.274. The summed E-state index contributed by atoms with van der Waals surface area (Å²) in [6, 6.07) is 3.30. The van der Waals surface area contributed by atoms with E-state index in [0.717, 1.165) is 25.0 Å². The lowest BCUT2D eigenvalue weighted by atomic mass is 10.2. The van der Waals surface area contributed by atoms with E-state index in [1.807, 2.05) is 0 Å². The van der Waals surface area contributed by atoms with Crippen LogP contribution in [0.4, 0.5) is 18.0 Å². The molecular formula is C16H20F3NO4. The molecular weight excluding hydrogens is 327 g/mol. The number of amides is 1. The number of aromatic hydroxyl groups is 1. The summed E-state index contributed by atoms with van der Waals surface area (Å²) < 4.78 is 46.1. The van der Waals surface area contributed by atoms with Crippen molar-refractivity contribution < 1.29 is 32.5 Å². The van der Waals surface area contributed by atoms with Crippen LogP contribution in [0.5, 0.6) is 11.5 Å². The highest BCUT2D eigenvalue weighted by molar-refractivity contribution is 5.69. The molecule has 134 valence electrons. The van der Waals surface area contributed by atoms with Gasteiger partial charge >= 0.3 is 12.5 Å². The Morgan fingerprint density at radius 2 is 1.88 bits per heavy atom. The lowest BCUT2D eigenvalue weighted by Crippen LogP contribution is -2.37. The van der Waals surface area contributed by atoms with Crippen molar-refractivity contribution >= 4 is 6.09 Å². The molecule has 0 unspecified atom stereocenters. The molecule has 1 amide bonds. The van der Waals surface area contributed by atoms with Crippen molar-refractivity contribution in [2.75, 3.05) is 0 Å². The van der Waals surface area contributed by atoms with E-state index in [2.05, 4.69) is 4.74 Å². The maximum Gasteiger partial charge on any atom is 0.573 e. The number of hydrogen-bond donors (Lipinski definition) is 1. The molecule has 1 aliphatic carbocycles. The minimum absolute atomic E-state index is 0.00539. The average Bonchev–Trinajstić information content (AvgIpc) is 3.14. The first kappa shape index (κ1) is 18.2. The van der Waals surface area contributed by atoms with Gasteiger partial charge in [0.1, 0.15) is 17.1 Å². The van der Waals surface area contributed by atoms with Gasteiger partial charge < -0.3 is 19.5 Å². The van der Waals surface area contributed by atoms with Gasteiger partial charge in [-0.3, -0.25) is 0 Å². The molecule has 1 aliphatic rings. The Balaban J connectivity index is 2.16. The first-order valence-electron chi connectivity index (χ1n) is 7.51. The Kier molecular flexibility index (Phi) is 4.87. The first-order chi connectivity index (χ1) is 10.9. The van der Waals surface area contributed by atoms with Crippen LogP contribution in [-0.4, -0.2) is 34.1 Å². The number of nitrogens with zero attached hydrogens (tertiary/aromatic N) is 1. The number of benzene rings is 1. The topological polar surface area (TPSA) is 59.0 Å². The average molecular weight is 347 g/mol. The van der Waals surface area contributed by atoms with Gasteiger partial charge in [-0.05, 0) is 51.3 Å². The summed E-state index contributed by atoms with van der Waals surface area (Å²) in [5.74, 6) is -0.899. The number of halogens is 3. The summed E-state index contributed by atoms with van der Waals surface area (Å²) >= 11 is 0. The summed E-state index contributed by atoms with van der Waals surface area (Å²) in [4.78, 5) is 13.7. The van der Waals surface area contributed by atoms with Gasteiger partial charge in [0.15, 0.2) is 0 Å². The van der Waals surface area contributed by atoms with Crippen LogP contribution in [-0.2, 0) is 11.3 Å². The summed E-state index contributed by atoms with van der Waals surface area (Å²) in [6.07, 6.45) is -3.77. The molecule has 1 aromatic carbocycles. The van der Waals surface area contributed by atoms with Gasteiger partial charge in [-0.25, -0.2) is 4.79 Å². The van der Waals surface area contributed by atoms with Crippen LogP contribution in [0.25, 0.3) is 0 Å². The Hall–Kier alpha value is -2.12. The first-order valence-corrected chi connectivity index (χ1v) is 7.51. The van der Waals surface area contributed by atoms with Crippen LogP contribution in [0.1, 0.15) is 39.2 Å². The van der Waals surface area contributed by atoms with Gasteiger partial charge in [0.25, 0.3) is 0 Å². The molecule has 0 bridgehead atoms. The highest BCUT2D eigenvalue weighted by Crippen LogP contribution is 2.32. The van der Waals surface area contributed by atoms with Gasteiger partial charge in [0.05, 0.1) is 0 Å². The van der Waals surface area contributed by atoms with Gasteiger partial charge in [-0.15, -0.1) is 13.2 Å². The zero-order valence-electron chi connectivity index (χ0n) is 13.7. The Labute approximate surface area is 138 Å². The molecule has 1 saturated carbocycles. The third-order valence-electron chi connectivity index (χ3n) is 3.15. The fraction of sp³-hybridized carbons (Fsp3) is 0.562. The van der Waals surface area contributed by atoms with E-state index in [-0.39, 0.29) is 18.3 Å². The van der Waals surface area contributed by atoms with Crippen LogP contribution in [0.2, 0.25) is 0 Å². The van der Waals surface area contributed by atoms with Crippen molar-refractivity contribution in [3.05, 3.63) is 23.8 Å². The molecule has 1 N–H and O–H groups in total. The predicted molar refractivity (Wildman–Crippen MR) is 79.6 cm³/mol. The molecule has 2 rings (SSSR count). The summed E-state index contributed by atoms with van der Waals surface area (Å²) in [5, 5.41) is 9.60. The zero-order valence-corrected chi connectivity index (χ0v) is 13.7. The van der Waals surface area contributed by atoms with Gasteiger partial charge in [-0.1, -0.05) is 0 Å². The molecule has 8 heteroatoms. The van der Waals surface area contributed by atoms with Gasteiger partial charge in [-0.2, -0.15) is 0 Å². The van der Waals surface area contributed by atoms with Crippen molar-refractivity contribution in [2.45, 2.75) is 58.2 Å². The molecule has 0 aromatic heterocycles. The third kappa shape index (κ3) is 5.82. The number of carbonyl (C=O) groups is 1. The summed E-state index contributed by atoms with van der Waals surface area (Å²) in [5.41, 5.74) is -0.347. The predicted octanol–water partition coefficient (Wildman–Crippen LogP) is 4.19. The maximum absolute atomic E-state index is 12.3. The van der Waals surface area contributed by atoms with Crippen LogP contribution in [0.15, 0.2) is 18.2 Å². The van der Waals surface area contributed by atoms with E-state index in [1.165, 1.54) is 11.0 Å². The van der Waals surface area contributed by atoms with Crippen LogP contribution >= 0.6 is 0 Å². The Bertz CT molecular complexity index is 606. The number of phenols is 1. The third-order valence-corrected chi connectivity index (χ3v) is 3.15. The minimum atomic E-state index is -4.85. The largest absolute Gasteiger partial charge is 0.573 e. The molecule has 0 atom stereocenters. The number of alkyl halides is 3. The van der Waals surface area contributed by atoms with Gasteiger partial charge in [0.2, 0.25) is 0 Å². The van der Waals surface area contributed by atoms with E-state index in [9.17, 15) is 23.1 Å². The fourth-order valence-electron chi connectivity index (χ4n) is 2.17. The number of carbonyl (C=O) groups excluding carboxylic acids is 1. The van der Waals surface area contributed by atoms with E-state index in [0.29, 0.717) is 5.56 Å². The van der Waals surface area contributed by atoms with Crippen LogP contribution in [0.3, 0.4) is 0 Å². The van der Waals surface area contributed by atoms with Crippen molar-refractivity contribution in [2.24, 2.45) is 0 Å². The van der Waals surface area contributed by atoms with Crippen molar-refractivity contribution in [1.82, 2.24) is 4.90 Å². The van der Waals surface area contributed by atoms with Crippen LogP contribution in [0, 0.1) is 0 Å². The number of ether oxygens (including phenoxy) is 2. The molecule has 1 aromatic rings. The van der Waals surface area contributed by atoms with Crippen molar-refractivity contribution in [1.29, 1.82) is 0 Å². The second-order valence-corrected chi connectivity index (χ2v) is 6.72. The fourth-order valence-corrected chi connectivity index (χ4v) is 2.17. The van der Waals surface area contributed by atoms with Crippen LogP contribution < -0.4 is 4.74 Å². The standard InChI is InChI=1S/C16H20F3NO4/c1-15(2,3)24-14(22)20(11-4-5-11)9-10-6-12(21)8-13(7-10)23-16(17,18)19/h6-8,11,21H,4-5,9H2,1-3H3. The van der Waals surface area contributed by atoms with E-state index in [4.69, 9.17) is 4.74 Å². The normalized spacial score (nSPS) is 15.1. The van der Waals surface area contributed by atoms with Crippen molar-refractivity contribution in [3.63, 3.8) is 0 Å². The molecule has 0 radical (unpaired) electrons. The minimum Gasteiger partial charge on any atom is -0.508 e. The molecule has 1 fully saturated rings. The molecule has 0 spiro atoms. The lowest BCUT2D eigenvalue weighted by Gasteiger charge is -2.27. The highest BCUT2D eigenvalue weighted by atomic mass is 19.4. The SMILES string of the molecule is CC(C)(C)OC(=O)N(Cc1cc(O)cc(OC(F)(F)F)c1)C1CC1. The van der Waals surface area contributed by atoms with E-state index < -0.39 is 23.8 Å². The Morgan fingerprint density at radius 1 is 1.25 bits per heavy atom. The maximum atomic E-state index is 12.3. The van der Waals surface area contributed by atoms with E-state index in [1.54, 1.807) is 20.8 Å². The highest BCUT2D eigenvalue weighted by Gasteiger charge is 2.36. The van der Waals surface area contributed by atoms with Gasteiger partial charge in [0, 0.05) is 18.7 Å². The molecule has 0 heterocycles. The number of phenolic OH excluding ortho intramolecular Hbond substituents is 1. The molecule has 24 heavy (non-hydrogen) atoms. The molecule has 0 aliphatic heterocycles. The summed E-state index contributed by atoms with van der Waals surface area (Å²) in [7, 11) is 0. The second kappa shape index (κ2) is 6.41.